The molecule has 112 valence electrons. The third-order valence-corrected chi connectivity index (χ3v) is 3.63. The Balaban J connectivity index is 1.75. The number of aliphatic imine (C=N–C) groups is 1. The number of carbonyl (C=O) groups is 2. The Morgan fingerprint density at radius 2 is 2.15 bits per heavy atom. The summed E-state index contributed by atoms with van der Waals surface area (Å²) in [4.78, 5) is 29.2. The number of amides is 2. The quantitative estimate of drug-likeness (QED) is 0.342. The minimum absolute atomic E-state index is 0.0120. The number of nitrogens with zero attached hydrogens (tertiary/aromatic N) is 2. The Hall–Kier alpha value is -1.83. The van der Waals surface area contributed by atoms with Gasteiger partial charge in [0, 0.05) is 19.1 Å². The van der Waals surface area contributed by atoms with E-state index in [4.69, 9.17) is 11.5 Å². The summed E-state index contributed by atoms with van der Waals surface area (Å²) < 4.78 is 0. The molecule has 2 fully saturated rings. The highest BCUT2D eigenvalue weighted by Gasteiger charge is 2.32. The van der Waals surface area contributed by atoms with Crippen molar-refractivity contribution < 1.29 is 9.59 Å². The molecule has 2 unspecified atom stereocenters. The second-order valence-electron chi connectivity index (χ2n) is 5.23. The van der Waals surface area contributed by atoms with E-state index < -0.39 is 0 Å². The van der Waals surface area contributed by atoms with E-state index in [-0.39, 0.29) is 36.4 Å². The SMILES string of the molecule is NC(N)=NCC(=O)NC1CCN(C(=O)C2CCCN2)C1. The maximum Gasteiger partial charge on any atom is 0.242 e. The average Bonchev–Trinajstić information content (AvgIpc) is 3.06. The molecule has 0 aliphatic carbocycles. The third kappa shape index (κ3) is 3.83. The minimum Gasteiger partial charge on any atom is -0.370 e. The van der Waals surface area contributed by atoms with Crippen molar-refractivity contribution in [2.24, 2.45) is 16.5 Å². The molecular formula is C12H22N6O2. The molecule has 0 spiro atoms. The summed E-state index contributed by atoms with van der Waals surface area (Å²) in [5.41, 5.74) is 10.3. The summed E-state index contributed by atoms with van der Waals surface area (Å²) in [5, 5.41) is 6.04. The maximum atomic E-state index is 12.2. The molecule has 2 rings (SSSR count). The van der Waals surface area contributed by atoms with Crippen LogP contribution in [-0.4, -0.2) is 60.9 Å². The van der Waals surface area contributed by atoms with E-state index >= 15 is 0 Å². The number of nitrogens with one attached hydrogen (secondary N) is 2. The van der Waals surface area contributed by atoms with Crippen molar-refractivity contribution in [3.05, 3.63) is 0 Å². The monoisotopic (exact) mass is 282 g/mol. The molecule has 2 amide bonds. The molecule has 2 aliphatic rings. The van der Waals surface area contributed by atoms with Crippen molar-refractivity contribution in [2.75, 3.05) is 26.2 Å². The molecule has 20 heavy (non-hydrogen) atoms. The average molecular weight is 282 g/mol. The first-order valence-corrected chi connectivity index (χ1v) is 6.93. The van der Waals surface area contributed by atoms with Gasteiger partial charge in [0.05, 0.1) is 6.04 Å². The van der Waals surface area contributed by atoms with Crippen LogP contribution in [0.1, 0.15) is 19.3 Å². The predicted octanol–water partition coefficient (Wildman–Crippen LogP) is -2.27. The first kappa shape index (κ1) is 14.6. The summed E-state index contributed by atoms with van der Waals surface area (Å²) in [6, 6.07) is -0.0619. The smallest absolute Gasteiger partial charge is 0.242 e. The zero-order valence-corrected chi connectivity index (χ0v) is 11.5. The van der Waals surface area contributed by atoms with Crippen LogP contribution in [0.3, 0.4) is 0 Å². The van der Waals surface area contributed by atoms with E-state index in [1.165, 1.54) is 0 Å². The zero-order valence-electron chi connectivity index (χ0n) is 11.5. The van der Waals surface area contributed by atoms with Crippen LogP contribution in [0.2, 0.25) is 0 Å². The van der Waals surface area contributed by atoms with E-state index in [0.717, 1.165) is 25.8 Å². The van der Waals surface area contributed by atoms with Crippen LogP contribution in [-0.2, 0) is 9.59 Å². The maximum absolute atomic E-state index is 12.2. The Bertz CT molecular complexity index is 401. The van der Waals surface area contributed by atoms with Gasteiger partial charge in [0.2, 0.25) is 11.8 Å². The second-order valence-corrected chi connectivity index (χ2v) is 5.23. The van der Waals surface area contributed by atoms with Gasteiger partial charge in [-0.25, -0.2) is 4.99 Å². The second kappa shape index (κ2) is 6.56. The van der Waals surface area contributed by atoms with Crippen molar-refractivity contribution >= 4 is 17.8 Å². The van der Waals surface area contributed by atoms with Crippen LogP contribution in [0, 0.1) is 0 Å². The zero-order chi connectivity index (χ0) is 14.5. The van der Waals surface area contributed by atoms with Crippen molar-refractivity contribution in [3.8, 4) is 0 Å². The minimum atomic E-state index is -0.225. The molecule has 8 heteroatoms. The molecule has 0 radical (unpaired) electrons. The van der Waals surface area contributed by atoms with Crippen LogP contribution >= 0.6 is 0 Å². The number of hydrogen-bond acceptors (Lipinski definition) is 4. The van der Waals surface area contributed by atoms with E-state index in [0.29, 0.717) is 13.1 Å². The molecule has 6 N–H and O–H groups in total. The fourth-order valence-electron chi connectivity index (χ4n) is 2.63. The molecule has 2 saturated heterocycles. The highest BCUT2D eigenvalue weighted by molar-refractivity contribution is 5.84. The van der Waals surface area contributed by atoms with Gasteiger partial charge in [-0.15, -0.1) is 0 Å². The van der Waals surface area contributed by atoms with Gasteiger partial charge in [-0.3, -0.25) is 9.59 Å². The molecule has 0 aromatic heterocycles. The number of nitrogens with two attached hydrogens (primary N) is 2. The third-order valence-electron chi connectivity index (χ3n) is 3.63. The first-order chi connectivity index (χ1) is 9.56. The number of hydrogen-bond donors (Lipinski definition) is 4. The number of guanidine groups is 1. The van der Waals surface area contributed by atoms with Gasteiger partial charge in [0.25, 0.3) is 0 Å². The lowest BCUT2D eigenvalue weighted by atomic mass is 10.2. The summed E-state index contributed by atoms with van der Waals surface area (Å²) >= 11 is 0. The van der Waals surface area contributed by atoms with Gasteiger partial charge in [0.15, 0.2) is 5.96 Å². The Morgan fingerprint density at radius 3 is 2.80 bits per heavy atom. The van der Waals surface area contributed by atoms with Crippen molar-refractivity contribution in [1.82, 2.24) is 15.5 Å². The van der Waals surface area contributed by atoms with E-state index in [9.17, 15) is 9.59 Å². The van der Waals surface area contributed by atoms with Crippen LogP contribution in [0.25, 0.3) is 0 Å². The Labute approximate surface area is 117 Å². The van der Waals surface area contributed by atoms with Gasteiger partial charge in [-0.1, -0.05) is 0 Å². The van der Waals surface area contributed by atoms with E-state index in [1.807, 2.05) is 4.90 Å². The normalized spacial score (nSPS) is 25.5. The Morgan fingerprint density at radius 1 is 1.35 bits per heavy atom. The van der Waals surface area contributed by atoms with Gasteiger partial charge in [0.1, 0.15) is 6.54 Å². The van der Waals surface area contributed by atoms with Crippen LogP contribution in [0.5, 0.6) is 0 Å². The first-order valence-electron chi connectivity index (χ1n) is 6.93. The van der Waals surface area contributed by atoms with Crippen molar-refractivity contribution in [3.63, 3.8) is 0 Å². The van der Waals surface area contributed by atoms with Crippen LogP contribution in [0.4, 0.5) is 0 Å². The number of carbonyl (C=O) groups excluding carboxylic acids is 2. The number of likely N-dealkylation sites (tertiary alicyclic amines) is 1. The molecule has 0 bridgehead atoms. The fourth-order valence-corrected chi connectivity index (χ4v) is 2.63. The summed E-state index contributed by atoms with van der Waals surface area (Å²) in [7, 11) is 0. The van der Waals surface area contributed by atoms with E-state index in [1.54, 1.807) is 0 Å². The van der Waals surface area contributed by atoms with Gasteiger partial charge >= 0.3 is 0 Å². The molecule has 8 nitrogen and oxygen atoms in total. The fraction of sp³-hybridized carbons (Fsp3) is 0.750. The highest BCUT2D eigenvalue weighted by atomic mass is 16.2. The number of rotatable bonds is 4. The largest absolute Gasteiger partial charge is 0.370 e. The van der Waals surface area contributed by atoms with Crippen LogP contribution < -0.4 is 22.1 Å². The van der Waals surface area contributed by atoms with E-state index in [2.05, 4.69) is 15.6 Å². The molecule has 2 heterocycles. The molecular weight excluding hydrogens is 260 g/mol. The Kier molecular flexibility index (Phi) is 4.78. The molecule has 0 saturated carbocycles. The lowest BCUT2D eigenvalue weighted by molar-refractivity contribution is -0.132. The lowest BCUT2D eigenvalue weighted by Gasteiger charge is -2.20. The van der Waals surface area contributed by atoms with Crippen LogP contribution in [0.15, 0.2) is 4.99 Å². The predicted molar refractivity (Wildman–Crippen MR) is 74.8 cm³/mol. The molecule has 0 aromatic rings. The summed E-state index contributed by atoms with van der Waals surface area (Å²) in [6.07, 6.45) is 2.71. The van der Waals surface area contributed by atoms with Gasteiger partial charge < -0.3 is 27.0 Å². The molecule has 0 aromatic carbocycles. The molecule has 2 atom stereocenters. The van der Waals surface area contributed by atoms with Crippen molar-refractivity contribution in [1.29, 1.82) is 0 Å². The summed E-state index contributed by atoms with van der Waals surface area (Å²) in [6.45, 7) is 2.08. The summed E-state index contributed by atoms with van der Waals surface area (Å²) in [5.74, 6) is -0.184. The topological polar surface area (TPSA) is 126 Å². The molecule has 2 aliphatic heterocycles. The standard InChI is InChI=1S/C12H22N6O2/c13-12(14)16-6-10(19)17-8-3-5-18(7-8)11(20)9-2-1-4-15-9/h8-9,15H,1-7H2,(H,17,19)(H4,13,14,16). The van der Waals surface area contributed by atoms with Gasteiger partial charge in [-0.05, 0) is 25.8 Å². The van der Waals surface area contributed by atoms with Crippen molar-refractivity contribution in [2.45, 2.75) is 31.3 Å². The van der Waals surface area contributed by atoms with Gasteiger partial charge in [-0.2, -0.15) is 0 Å². The highest BCUT2D eigenvalue weighted by Crippen LogP contribution is 2.14. The lowest BCUT2D eigenvalue weighted by Crippen LogP contribution is -2.45.